The molecule has 1 N–H and O–H groups in total. The fourth-order valence-electron chi connectivity index (χ4n) is 0.869. The number of allylic oxidation sites excluding steroid dienone is 1. The molecule has 0 spiro atoms. The third-order valence-electron chi connectivity index (χ3n) is 1.47. The van der Waals surface area contributed by atoms with Gasteiger partial charge in [-0.05, 0) is 18.2 Å². The SMILES string of the molecule is C=CC#CCOP(=O)(O)Oc1ccccc1. The van der Waals surface area contributed by atoms with Crippen molar-refractivity contribution < 1.29 is 18.5 Å². The summed E-state index contributed by atoms with van der Waals surface area (Å²) in [5, 5.41) is 0. The molecule has 1 unspecified atom stereocenters. The van der Waals surface area contributed by atoms with Crippen LogP contribution in [0.1, 0.15) is 0 Å². The largest absolute Gasteiger partial charge is 0.528 e. The molecule has 0 fully saturated rings. The standard InChI is InChI=1S/C11H11O4P/c1-2-3-7-10-14-16(12,13)15-11-8-5-4-6-9-11/h2,4-6,8-9H,1,10H2,(H,12,13). The Balaban J connectivity index is 2.52. The van der Waals surface area contributed by atoms with Crippen molar-refractivity contribution in [1.82, 2.24) is 0 Å². The monoisotopic (exact) mass is 238 g/mol. The zero-order chi connectivity index (χ0) is 11.9. The molecule has 0 saturated carbocycles. The van der Waals surface area contributed by atoms with Gasteiger partial charge in [0, 0.05) is 0 Å². The van der Waals surface area contributed by atoms with Gasteiger partial charge in [-0.1, -0.05) is 36.6 Å². The van der Waals surface area contributed by atoms with Gasteiger partial charge in [0.25, 0.3) is 0 Å². The first-order valence-electron chi connectivity index (χ1n) is 4.45. The highest BCUT2D eigenvalue weighted by Crippen LogP contribution is 2.43. The van der Waals surface area contributed by atoms with Crippen molar-refractivity contribution in [3.63, 3.8) is 0 Å². The molecule has 0 radical (unpaired) electrons. The molecule has 1 aromatic carbocycles. The van der Waals surface area contributed by atoms with Crippen LogP contribution in [-0.2, 0) is 9.09 Å². The zero-order valence-corrected chi connectivity index (χ0v) is 9.39. The molecule has 0 aliphatic carbocycles. The van der Waals surface area contributed by atoms with Gasteiger partial charge in [-0.3, -0.25) is 9.42 Å². The highest BCUT2D eigenvalue weighted by atomic mass is 31.2. The molecule has 0 aliphatic rings. The Kier molecular flexibility index (Phi) is 4.81. The van der Waals surface area contributed by atoms with Crippen LogP contribution in [0.25, 0.3) is 0 Å². The van der Waals surface area contributed by atoms with Crippen molar-refractivity contribution in [2.45, 2.75) is 0 Å². The van der Waals surface area contributed by atoms with Gasteiger partial charge in [-0.25, -0.2) is 4.57 Å². The van der Waals surface area contributed by atoms with Gasteiger partial charge < -0.3 is 4.52 Å². The first-order valence-corrected chi connectivity index (χ1v) is 5.95. The van der Waals surface area contributed by atoms with Crippen LogP contribution >= 0.6 is 7.82 Å². The average Bonchev–Trinajstić information content (AvgIpc) is 2.25. The molecule has 16 heavy (non-hydrogen) atoms. The first-order chi connectivity index (χ1) is 7.64. The second kappa shape index (κ2) is 6.14. The summed E-state index contributed by atoms with van der Waals surface area (Å²) in [6.07, 6.45) is 1.36. The van der Waals surface area contributed by atoms with Crippen LogP contribution in [0.2, 0.25) is 0 Å². The summed E-state index contributed by atoms with van der Waals surface area (Å²) in [4.78, 5) is 9.28. The molecule has 1 rings (SSSR count). The van der Waals surface area contributed by atoms with Gasteiger partial charge >= 0.3 is 7.82 Å². The number of phosphoric acid groups is 1. The number of hydrogen-bond acceptors (Lipinski definition) is 3. The van der Waals surface area contributed by atoms with E-state index in [9.17, 15) is 9.46 Å². The van der Waals surface area contributed by atoms with E-state index in [4.69, 9.17) is 4.52 Å². The normalized spacial score (nSPS) is 13.1. The Morgan fingerprint density at radius 1 is 1.44 bits per heavy atom. The van der Waals surface area contributed by atoms with Crippen molar-refractivity contribution >= 4 is 7.82 Å². The molecule has 1 atom stereocenters. The van der Waals surface area contributed by atoms with E-state index in [-0.39, 0.29) is 12.4 Å². The second-order valence-electron chi connectivity index (χ2n) is 2.67. The van der Waals surface area contributed by atoms with Gasteiger partial charge in [0.1, 0.15) is 12.4 Å². The molecular formula is C11H11O4P. The predicted octanol–water partition coefficient (Wildman–Crippen LogP) is 2.37. The van der Waals surface area contributed by atoms with Crippen LogP contribution in [-0.4, -0.2) is 11.5 Å². The molecule has 4 nitrogen and oxygen atoms in total. The van der Waals surface area contributed by atoms with Gasteiger partial charge in [0.2, 0.25) is 0 Å². The maximum atomic E-state index is 11.4. The topological polar surface area (TPSA) is 55.8 Å². The molecule has 0 saturated heterocycles. The van der Waals surface area contributed by atoms with E-state index in [2.05, 4.69) is 22.9 Å². The highest BCUT2D eigenvalue weighted by Gasteiger charge is 2.21. The molecule has 0 bridgehead atoms. The number of rotatable bonds is 4. The van der Waals surface area contributed by atoms with Crippen molar-refractivity contribution in [3.8, 4) is 17.6 Å². The summed E-state index contributed by atoms with van der Waals surface area (Å²) in [6, 6.07) is 8.26. The first kappa shape index (κ1) is 12.5. The van der Waals surface area contributed by atoms with Crippen molar-refractivity contribution in [3.05, 3.63) is 43.0 Å². The van der Waals surface area contributed by atoms with Crippen LogP contribution in [0.3, 0.4) is 0 Å². The Morgan fingerprint density at radius 3 is 2.75 bits per heavy atom. The van der Waals surface area contributed by atoms with Gasteiger partial charge in [0.15, 0.2) is 0 Å². The summed E-state index contributed by atoms with van der Waals surface area (Å²) < 4.78 is 20.7. The smallest absolute Gasteiger partial charge is 0.404 e. The summed E-state index contributed by atoms with van der Waals surface area (Å²) in [5.74, 6) is 5.23. The van der Waals surface area contributed by atoms with E-state index in [0.717, 1.165) is 0 Å². The maximum absolute atomic E-state index is 11.4. The molecule has 84 valence electrons. The Hall–Kier alpha value is -1.53. The van der Waals surface area contributed by atoms with Crippen LogP contribution in [0.15, 0.2) is 43.0 Å². The fraction of sp³-hybridized carbons (Fsp3) is 0.0909. The average molecular weight is 238 g/mol. The molecule has 0 heterocycles. The minimum absolute atomic E-state index is 0.188. The number of benzene rings is 1. The zero-order valence-electron chi connectivity index (χ0n) is 8.50. The van der Waals surface area contributed by atoms with Gasteiger partial charge in [-0.15, -0.1) is 0 Å². The fourth-order valence-corrected chi connectivity index (χ4v) is 1.54. The Labute approximate surface area is 94.1 Å². The molecule has 1 aromatic rings. The Bertz CT molecular complexity index is 444. The summed E-state index contributed by atoms with van der Waals surface area (Å²) in [5.41, 5.74) is 0. The lowest BCUT2D eigenvalue weighted by molar-refractivity contribution is 0.225. The third kappa shape index (κ3) is 4.81. The van der Waals surface area contributed by atoms with E-state index < -0.39 is 7.82 Å². The van der Waals surface area contributed by atoms with Crippen molar-refractivity contribution in [2.24, 2.45) is 0 Å². The molecule has 0 aliphatic heterocycles. The minimum atomic E-state index is -4.09. The lowest BCUT2D eigenvalue weighted by Crippen LogP contribution is -1.97. The van der Waals surface area contributed by atoms with E-state index in [0.29, 0.717) is 0 Å². The minimum Gasteiger partial charge on any atom is -0.404 e. The molecule has 0 amide bonds. The lowest BCUT2D eigenvalue weighted by atomic mass is 10.3. The predicted molar refractivity (Wildman–Crippen MR) is 60.8 cm³/mol. The highest BCUT2D eigenvalue weighted by molar-refractivity contribution is 7.47. The maximum Gasteiger partial charge on any atom is 0.528 e. The van der Waals surface area contributed by atoms with Crippen LogP contribution in [0.4, 0.5) is 0 Å². The van der Waals surface area contributed by atoms with E-state index >= 15 is 0 Å². The molecular weight excluding hydrogens is 227 g/mol. The summed E-state index contributed by atoms with van der Waals surface area (Å²) in [7, 11) is -4.09. The van der Waals surface area contributed by atoms with E-state index in [1.807, 2.05) is 0 Å². The quantitative estimate of drug-likeness (QED) is 0.646. The number of para-hydroxylation sites is 1. The third-order valence-corrected chi connectivity index (χ3v) is 2.36. The molecule has 5 heteroatoms. The number of hydrogen-bond donors (Lipinski definition) is 1. The van der Waals surface area contributed by atoms with Gasteiger partial charge in [0.05, 0.1) is 0 Å². The Morgan fingerprint density at radius 2 is 2.12 bits per heavy atom. The molecule has 0 aromatic heterocycles. The number of phosphoric ester groups is 1. The summed E-state index contributed by atoms with van der Waals surface area (Å²) >= 11 is 0. The van der Waals surface area contributed by atoms with Gasteiger partial charge in [-0.2, -0.15) is 0 Å². The lowest BCUT2D eigenvalue weighted by Gasteiger charge is -2.10. The van der Waals surface area contributed by atoms with Crippen molar-refractivity contribution in [2.75, 3.05) is 6.61 Å². The van der Waals surface area contributed by atoms with E-state index in [1.54, 1.807) is 30.3 Å². The van der Waals surface area contributed by atoms with E-state index in [1.165, 1.54) is 6.08 Å². The van der Waals surface area contributed by atoms with Crippen LogP contribution in [0, 0.1) is 11.8 Å². The van der Waals surface area contributed by atoms with Crippen LogP contribution in [0.5, 0.6) is 5.75 Å². The van der Waals surface area contributed by atoms with Crippen LogP contribution < -0.4 is 4.52 Å². The second-order valence-corrected chi connectivity index (χ2v) is 4.05. The van der Waals surface area contributed by atoms with Crippen molar-refractivity contribution in [1.29, 1.82) is 0 Å². The summed E-state index contributed by atoms with van der Waals surface area (Å²) in [6.45, 7) is 3.18.